The lowest BCUT2D eigenvalue weighted by Crippen LogP contribution is -2.12. The second kappa shape index (κ2) is 8.56. The fourth-order valence-electron chi connectivity index (χ4n) is 3.15. The molecule has 0 fully saturated rings. The summed E-state index contributed by atoms with van der Waals surface area (Å²) < 4.78 is 24.8. The molecule has 0 aliphatic carbocycles. The van der Waals surface area contributed by atoms with Crippen molar-refractivity contribution in [2.45, 2.75) is 18.7 Å². The Kier molecular flexibility index (Phi) is 6.04. The first-order chi connectivity index (χ1) is 15.0. The number of anilines is 1. The highest BCUT2D eigenvalue weighted by Crippen LogP contribution is 2.29. The Bertz CT molecular complexity index is 1350. The van der Waals surface area contributed by atoms with E-state index in [0.717, 1.165) is 23.5 Å². The van der Waals surface area contributed by atoms with E-state index >= 15 is 0 Å². The van der Waals surface area contributed by atoms with E-state index in [4.69, 9.17) is 5.14 Å². The molecule has 2 aromatic carbocycles. The van der Waals surface area contributed by atoms with Gasteiger partial charge >= 0.3 is 5.69 Å². The van der Waals surface area contributed by atoms with E-state index in [1.807, 2.05) is 24.5 Å². The molecule has 3 aromatic rings. The van der Waals surface area contributed by atoms with Crippen molar-refractivity contribution in [3.8, 4) is 5.69 Å². The normalized spacial score (nSPS) is 11.6. The lowest BCUT2D eigenvalue weighted by Gasteiger charge is -2.10. The number of nitro benzene ring substituents is 2. The van der Waals surface area contributed by atoms with Gasteiger partial charge in [0.1, 0.15) is 5.69 Å². The van der Waals surface area contributed by atoms with Crippen LogP contribution in [0.4, 0.5) is 17.1 Å². The number of non-ortho nitro benzene ring substituents is 1. The summed E-state index contributed by atoms with van der Waals surface area (Å²) in [5.74, 6) is 0. The van der Waals surface area contributed by atoms with Crippen LogP contribution >= 0.6 is 0 Å². The Morgan fingerprint density at radius 2 is 1.69 bits per heavy atom. The molecule has 0 saturated carbocycles. The van der Waals surface area contributed by atoms with Crippen LogP contribution < -0.4 is 10.6 Å². The smallest absolute Gasteiger partial charge is 0.301 e. The van der Waals surface area contributed by atoms with Crippen LogP contribution in [-0.2, 0) is 10.0 Å². The van der Waals surface area contributed by atoms with Crippen LogP contribution in [0.15, 0.2) is 58.5 Å². The van der Waals surface area contributed by atoms with Crippen molar-refractivity contribution in [1.82, 2.24) is 4.57 Å². The SMILES string of the molecule is Cc1cc(/C=N\Nc2ccc([N+](=O)[O-])cc2[N+](=O)[O-])c(C)n1-c1ccc(S(N)(=O)=O)cc1. The van der Waals surface area contributed by atoms with Crippen LogP contribution in [0.2, 0.25) is 0 Å². The van der Waals surface area contributed by atoms with Crippen LogP contribution in [0.5, 0.6) is 0 Å². The predicted molar refractivity (Wildman–Crippen MR) is 118 cm³/mol. The van der Waals surface area contributed by atoms with Crippen molar-refractivity contribution in [2.75, 3.05) is 5.43 Å². The third kappa shape index (κ3) is 4.63. The second-order valence-electron chi connectivity index (χ2n) is 6.79. The summed E-state index contributed by atoms with van der Waals surface area (Å²) in [5.41, 5.74) is 4.72. The fourth-order valence-corrected chi connectivity index (χ4v) is 3.67. The topological polar surface area (TPSA) is 176 Å². The number of aromatic nitrogens is 1. The summed E-state index contributed by atoms with van der Waals surface area (Å²) in [5, 5.41) is 31.2. The molecule has 1 heterocycles. The van der Waals surface area contributed by atoms with Crippen LogP contribution in [0.1, 0.15) is 17.0 Å². The van der Waals surface area contributed by atoms with E-state index in [-0.39, 0.29) is 10.6 Å². The average Bonchev–Trinajstić information content (AvgIpc) is 3.00. The average molecular weight is 458 g/mol. The number of primary sulfonamides is 1. The summed E-state index contributed by atoms with van der Waals surface area (Å²) in [6.45, 7) is 3.68. The van der Waals surface area contributed by atoms with Crippen LogP contribution in [0.3, 0.4) is 0 Å². The molecular formula is C19H18N6O6S. The monoisotopic (exact) mass is 458 g/mol. The predicted octanol–water partition coefficient (Wildman–Crippen LogP) is 3.00. The maximum Gasteiger partial charge on any atom is 0.301 e. The van der Waals surface area contributed by atoms with E-state index in [0.29, 0.717) is 11.3 Å². The molecule has 0 aliphatic rings. The Balaban J connectivity index is 1.87. The van der Waals surface area contributed by atoms with Gasteiger partial charge in [0.2, 0.25) is 10.0 Å². The van der Waals surface area contributed by atoms with Gasteiger partial charge in [0.15, 0.2) is 0 Å². The van der Waals surface area contributed by atoms with Crippen molar-refractivity contribution in [3.05, 3.63) is 85.7 Å². The molecular weight excluding hydrogens is 440 g/mol. The van der Waals surface area contributed by atoms with E-state index < -0.39 is 31.2 Å². The molecule has 0 atom stereocenters. The van der Waals surface area contributed by atoms with Gasteiger partial charge in [0.05, 0.1) is 27.0 Å². The molecule has 0 saturated heterocycles. The van der Waals surface area contributed by atoms with Crippen LogP contribution in [-0.4, -0.2) is 29.0 Å². The van der Waals surface area contributed by atoms with Crippen LogP contribution in [0, 0.1) is 34.1 Å². The first kappa shape index (κ1) is 22.6. The highest BCUT2D eigenvalue weighted by molar-refractivity contribution is 7.89. The third-order valence-electron chi connectivity index (χ3n) is 4.67. The molecule has 3 rings (SSSR count). The number of sulfonamides is 1. The van der Waals surface area contributed by atoms with Gasteiger partial charge in [-0.3, -0.25) is 25.7 Å². The van der Waals surface area contributed by atoms with Gasteiger partial charge in [-0.2, -0.15) is 5.10 Å². The molecule has 3 N–H and O–H groups in total. The Hall–Kier alpha value is -4.10. The molecule has 0 amide bonds. The molecule has 32 heavy (non-hydrogen) atoms. The number of aryl methyl sites for hydroxylation is 1. The molecule has 0 unspecified atom stereocenters. The zero-order valence-electron chi connectivity index (χ0n) is 16.9. The van der Waals surface area contributed by atoms with E-state index in [1.165, 1.54) is 24.4 Å². The number of hydrogen-bond acceptors (Lipinski definition) is 8. The minimum absolute atomic E-state index is 0.000564. The van der Waals surface area contributed by atoms with Gasteiger partial charge in [0, 0.05) is 28.7 Å². The maximum atomic E-state index is 11.4. The number of rotatable bonds is 7. The standard InChI is InChI=1S/C19H18N6O6S/c1-12-9-14(13(2)23(12)15-3-6-17(7-4-15)32(20,30)31)11-21-22-18-8-5-16(24(26)27)10-19(18)25(28)29/h3-11,22H,1-2H3,(H2,20,30,31)/b21-11-. The largest absolute Gasteiger partial charge is 0.318 e. The highest BCUT2D eigenvalue weighted by Gasteiger charge is 2.19. The summed E-state index contributed by atoms with van der Waals surface area (Å²) in [7, 11) is -3.80. The Morgan fingerprint density at radius 3 is 2.25 bits per heavy atom. The highest BCUT2D eigenvalue weighted by atomic mass is 32.2. The molecule has 1 aromatic heterocycles. The van der Waals surface area contributed by atoms with E-state index in [1.54, 1.807) is 12.1 Å². The summed E-state index contributed by atoms with van der Waals surface area (Å²) in [4.78, 5) is 20.6. The summed E-state index contributed by atoms with van der Waals surface area (Å²) in [6, 6.07) is 11.1. The minimum Gasteiger partial charge on any atom is -0.318 e. The number of nitro groups is 2. The zero-order chi connectivity index (χ0) is 23.6. The zero-order valence-corrected chi connectivity index (χ0v) is 17.7. The van der Waals surface area contributed by atoms with Gasteiger partial charge in [-0.05, 0) is 50.2 Å². The fraction of sp³-hybridized carbons (Fsp3) is 0.105. The van der Waals surface area contributed by atoms with Gasteiger partial charge in [-0.25, -0.2) is 13.6 Å². The molecule has 0 aliphatic heterocycles. The number of hydrazone groups is 1. The number of nitrogens with two attached hydrogens (primary N) is 1. The van der Waals surface area contributed by atoms with Crippen molar-refractivity contribution < 1.29 is 18.3 Å². The number of hydrogen-bond donors (Lipinski definition) is 2. The lowest BCUT2D eigenvalue weighted by molar-refractivity contribution is -0.393. The van der Waals surface area contributed by atoms with Gasteiger partial charge in [-0.1, -0.05) is 0 Å². The maximum absolute atomic E-state index is 11.4. The first-order valence-electron chi connectivity index (χ1n) is 9.03. The van der Waals surface area contributed by atoms with Crippen molar-refractivity contribution >= 4 is 33.3 Å². The van der Waals surface area contributed by atoms with Gasteiger partial charge in [-0.15, -0.1) is 0 Å². The van der Waals surface area contributed by atoms with Crippen molar-refractivity contribution in [3.63, 3.8) is 0 Å². The van der Waals surface area contributed by atoms with Crippen LogP contribution in [0.25, 0.3) is 5.69 Å². The molecule has 12 nitrogen and oxygen atoms in total. The number of benzene rings is 2. The summed E-state index contributed by atoms with van der Waals surface area (Å²) in [6.07, 6.45) is 1.46. The third-order valence-corrected chi connectivity index (χ3v) is 5.60. The Morgan fingerprint density at radius 1 is 1.03 bits per heavy atom. The second-order valence-corrected chi connectivity index (χ2v) is 8.35. The summed E-state index contributed by atoms with van der Waals surface area (Å²) >= 11 is 0. The quantitative estimate of drug-likeness (QED) is 0.310. The molecule has 0 bridgehead atoms. The Labute approximate surface area is 182 Å². The number of nitrogens with one attached hydrogen (secondary N) is 1. The van der Waals surface area contributed by atoms with Crippen molar-refractivity contribution in [1.29, 1.82) is 0 Å². The van der Waals surface area contributed by atoms with Crippen molar-refractivity contribution in [2.24, 2.45) is 10.2 Å². The first-order valence-corrected chi connectivity index (χ1v) is 10.6. The molecule has 0 radical (unpaired) electrons. The molecule has 0 spiro atoms. The van der Waals surface area contributed by atoms with E-state index in [2.05, 4.69) is 10.5 Å². The van der Waals surface area contributed by atoms with Gasteiger partial charge in [0.25, 0.3) is 5.69 Å². The molecule has 166 valence electrons. The lowest BCUT2D eigenvalue weighted by atomic mass is 10.2. The number of nitrogens with zero attached hydrogens (tertiary/aromatic N) is 4. The minimum atomic E-state index is -3.80. The molecule has 13 heteroatoms. The van der Waals surface area contributed by atoms with Gasteiger partial charge < -0.3 is 4.57 Å². The van der Waals surface area contributed by atoms with E-state index in [9.17, 15) is 28.6 Å².